The van der Waals surface area contributed by atoms with Gasteiger partial charge in [0.05, 0.1) is 0 Å². The minimum atomic E-state index is 0.154. The molecule has 0 aliphatic carbocycles. The van der Waals surface area contributed by atoms with Gasteiger partial charge in [-0.05, 0) is 24.1 Å². The maximum Gasteiger partial charge on any atom is 0.253 e. The summed E-state index contributed by atoms with van der Waals surface area (Å²) in [6.07, 6.45) is 2.93. The van der Waals surface area contributed by atoms with Crippen LogP contribution in [0.4, 0.5) is 0 Å². The first-order valence-corrected chi connectivity index (χ1v) is 6.96. The first kappa shape index (κ1) is 13.8. The Morgan fingerprint density at radius 2 is 1.84 bits per heavy atom. The molecule has 0 bridgehead atoms. The van der Waals surface area contributed by atoms with Gasteiger partial charge in [0.2, 0.25) is 0 Å². The van der Waals surface area contributed by atoms with Gasteiger partial charge in [-0.2, -0.15) is 0 Å². The van der Waals surface area contributed by atoms with Gasteiger partial charge in [-0.1, -0.05) is 25.1 Å². The molecule has 2 rings (SSSR count). The Kier molecular flexibility index (Phi) is 4.74. The molecule has 0 aromatic heterocycles. The first-order chi connectivity index (χ1) is 9.24. The van der Waals surface area contributed by atoms with Crippen LogP contribution in [0.5, 0.6) is 0 Å². The Balaban J connectivity index is 1.94. The van der Waals surface area contributed by atoms with Gasteiger partial charge in [-0.3, -0.25) is 9.69 Å². The van der Waals surface area contributed by atoms with Gasteiger partial charge >= 0.3 is 0 Å². The normalized spacial score (nSPS) is 16.4. The Bertz CT molecular complexity index is 431. The maximum absolute atomic E-state index is 12.4. The number of rotatable bonds is 4. The summed E-state index contributed by atoms with van der Waals surface area (Å²) in [5.41, 5.74) is 2.07. The highest BCUT2D eigenvalue weighted by Gasteiger charge is 2.21. The second kappa shape index (κ2) is 6.53. The van der Waals surface area contributed by atoms with Crippen LogP contribution in [0.3, 0.4) is 0 Å². The van der Waals surface area contributed by atoms with Crippen LogP contribution < -0.4 is 0 Å². The SMILES string of the molecule is C=CCN1CCN(C(=O)c2ccc(CC)cc2)CC1. The zero-order chi connectivity index (χ0) is 13.7. The quantitative estimate of drug-likeness (QED) is 0.773. The third-order valence-corrected chi connectivity index (χ3v) is 3.66. The van der Waals surface area contributed by atoms with Crippen molar-refractivity contribution < 1.29 is 4.79 Å². The molecule has 1 amide bonds. The van der Waals surface area contributed by atoms with Crippen LogP contribution >= 0.6 is 0 Å². The van der Waals surface area contributed by atoms with Crippen LogP contribution in [-0.2, 0) is 6.42 Å². The Morgan fingerprint density at radius 1 is 1.21 bits per heavy atom. The van der Waals surface area contributed by atoms with Gasteiger partial charge in [0.15, 0.2) is 0 Å². The molecular formula is C16H22N2O. The van der Waals surface area contributed by atoms with Gasteiger partial charge < -0.3 is 4.90 Å². The second-order valence-corrected chi connectivity index (χ2v) is 4.93. The number of hydrogen-bond acceptors (Lipinski definition) is 2. The number of amides is 1. The van der Waals surface area contributed by atoms with Crippen LogP contribution in [0, 0.1) is 0 Å². The number of carbonyl (C=O) groups excluding carboxylic acids is 1. The molecule has 19 heavy (non-hydrogen) atoms. The Hall–Kier alpha value is -1.61. The Morgan fingerprint density at radius 3 is 2.37 bits per heavy atom. The zero-order valence-electron chi connectivity index (χ0n) is 11.6. The fraction of sp³-hybridized carbons (Fsp3) is 0.438. The minimum absolute atomic E-state index is 0.154. The van der Waals surface area contributed by atoms with E-state index in [2.05, 4.69) is 18.4 Å². The second-order valence-electron chi connectivity index (χ2n) is 4.93. The number of nitrogens with zero attached hydrogens (tertiary/aromatic N) is 2. The van der Waals surface area contributed by atoms with E-state index in [1.165, 1.54) is 5.56 Å². The number of piperazine rings is 1. The summed E-state index contributed by atoms with van der Waals surface area (Å²) in [6, 6.07) is 7.97. The summed E-state index contributed by atoms with van der Waals surface area (Å²) >= 11 is 0. The topological polar surface area (TPSA) is 23.6 Å². The molecule has 1 aliphatic rings. The van der Waals surface area contributed by atoms with E-state index < -0.39 is 0 Å². The fourth-order valence-corrected chi connectivity index (χ4v) is 2.38. The van der Waals surface area contributed by atoms with E-state index in [4.69, 9.17) is 0 Å². The molecule has 102 valence electrons. The summed E-state index contributed by atoms with van der Waals surface area (Å²) < 4.78 is 0. The molecule has 0 unspecified atom stereocenters. The Labute approximate surface area is 115 Å². The van der Waals surface area contributed by atoms with Gasteiger partial charge in [-0.15, -0.1) is 6.58 Å². The van der Waals surface area contributed by atoms with Crippen LogP contribution in [-0.4, -0.2) is 48.4 Å². The van der Waals surface area contributed by atoms with E-state index in [1.54, 1.807) is 0 Å². The largest absolute Gasteiger partial charge is 0.336 e. The first-order valence-electron chi connectivity index (χ1n) is 6.96. The molecular weight excluding hydrogens is 236 g/mol. The summed E-state index contributed by atoms with van der Waals surface area (Å²) in [5.74, 6) is 0.154. The highest BCUT2D eigenvalue weighted by atomic mass is 16.2. The lowest BCUT2D eigenvalue weighted by molar-refractivity contribution is 0.0650. The molecule has 1 aromatic rings. The molecule has 0 atom stereocenters. The molecule has 1 aliphatic heterocycles. The highest BCUT2D eigenvalue weighted by molar-refractivity contribution is 5.94. The summed E-state index contributed by atoms with van der Waals surface area (Å²) in [7, 11) is 0. The van der Waals surface area contributed by atoms with Crippen LogP contribution in [0.1, 0.15) is 22.8 Å². The smallest absolute Gasteiger partial charge is 0.253 e. The predicted molar refractivity (Wildman–Crippen MR) is 78.4 cm³/mol. The van der Waals surface area contributed by atoms with Crippen molar-refractivity contribution in [3.05, 3.63) is 48.0 Å². The average molecular weight is 258 g/mol. The number of aryl methyl sites for hydroxylation is 1. The fourth-order valence-electron chi connectivity index (χ4n) is 2.38. The third-order valence-electron chi connectivity index (χ3n) is 3.66. The zero-order valence-corrected chi connectivity index (χ0v) is 11.6. The lowest BCUT2D eigenvalue weighted by Gasteiger charge is -2.34. The highest BCUT2D eigenvalue weighted by Crippen LogP contribution is 2.10. The van der Waals surface area contributed by atoms with Crippen molar-refractivity contribution in [3.63, 3.8) is 0 Å². The van der Waals surface area contributed by atoms with Crippen LogP contribution in [0.25, 0.3) is 0 Å². The van der Waals surface area contributed by atoms with Crippen molar-refractivity contribution in [2.75, 3.05) is 32.7 Å². The monoisotopic (exact) mass is 258 g/mol. The molecule has 3 nitrogen and oxygen atoms in total. The van der Waals surface area contributed by atoms with Gasteiger partial charge in [0.1, 0.15) is 0 Å². The summed E-state index contributed by atoms with van der Waals surface area (Å²) in [4.78, 5) is 16.6. The van der Waals surface area contributed by atoms with Gasteiger partial charge in [-0.25, -0.2) is 0 Å². The lowest BCUT2D eigenvalue weighted by Crippen LogP contribution is -2.48. The van der Waals surface area contributed by atoms with E-state index in [9.17, 15) is 4.79 Å². The predicted octanol–water partition coefficient (Wildman–Crippen LogP) is 2.19. The van der Waals surface area contributed by atoms with E-state index in [0.717, 1.165) is 44.7 Å². The van der Waals surface area contributed by atoms with Crippen LogP contribution in [0.15, 0.2) is 36.9 Å². The maximum atomic E-state index is 12.4. The van der Waals surface area contributed by atoms with Gasteiger partial charge in [0, 0.05) is 38.3 Å². The molecule has 0 radical (unpaired) electrons. The standard InChI is InChI=1S/C16H22N2O/c1-3-9-17-10-12-18(13-11-17)16(19)15-7-5-14(4-2)6-8-15/h3,5-8H,1,4,9-13H2,2H3. The van der Waals surface area contributed by atoms with Crippen molar-refractivity contribution in [1.82, 2.24) is 9.80 Å². The van der Waals surface area contributed by atoms with Crippen molar-refractivity contribution in [3.8, 4) is 0 Å². The minimum Gasteiger partial charge on any atom is -0.336 e. The van der Waals surface area contributed by atoms with E-state index >= 15 is 0 Å². The van der Waals surface area contributed by atoms with Gasteiger partial charge in [0.25, 0.3) is 5.91 Å². The lowest BCUT2D eigenvalue weighted by atomic mass is 10.1. The van der Waals surface area contributed by atoms with Crippen molar-refractivity contribution in [1.29, 1.82) is 0 Å². The molecule has 0 N–H and O–H groups in total. The number of carbonyl (C=O) groups is 1. The molecule has 1 aromatic carbocycles. The summed E-state index contributed by atoms with van der Waals surface area (Å²) in [5, 5.41) is 0. The van der Waals surface area contributed by atoms with Crippen molar-refractivity contribution >= 4 is 5.91 Å². The molecule has 0 saturated carbocycles. The summed E-state index contributed by atoms with van der Waals surface area (Å²) in [6.45, 7) is 10.3. The molecule has 1 heterocycles. The molecule has 0 spiro atoms. The molecule has 3 heteroatoms. The molecule has 1 fully saturated rings. The van der Waals surface area contributed by atoms with E-state index in [1.807, 2.05) is 35.2 Å². The number of benzene rings is 1. The van der Waals surface area contributed by atoms with E-state index in [0.29, 0.717) is 0 Å². The van der Waals surface area contributed by atoms with Crippen molar-refractivity contribution in [2.45, 2.75) is 13.3 Å². The van der Waals surface area contributed by atoms with Crippen LogP contribution in [0.2, 0.25) is 0 Å². The third kappa shape index (κ3) is 3.44. The average Bonchev–Trinajstić information content (AvgIpc) is 2.48. The van der Waals surface area contributed by atoms with Crippen molar-refractivity contribution in [2.24, 2.45) is 0 Å². The molecule has 1 saturated heterocycles. The van der Waals surface area contributed by atoms with E-state index in [-0.39, 0.29) is 5.91 Å². The number of hydrogen-bond donors (Lipinski definition) is 0.